The Morgan fingerprint density at radius 3 is 2.38 bits per heavy atom. The largest absolute Gasteiger partial charge is 0.444 e. The smallest absolute Gasteiger partial charge is 0.407 e. The first-order valence-corrected chi connectivity index (χ1v) is 13.8. The number of ether oxygens (including phenoxy) is 1. The summed E-state index contributed by atoms with van der Waals surface area (Å²) in [5, 5.41) is 16.5. The van der Waals surface area contributed by atoms with Crippen LogP contribution in [0.15, 0.2) is 67.1 Å². The van der Waals surface area contributed by atoms with E-state index in [1.54, 1.807) is 18.5 Å². The lowest BCUT2D eigenvalue weighted by atomic mass is 9.89. The van der Waals surface area contributed by atoms with Gasteiger partial charge in [-0.05, 0) is 43.2 Å². The van der Waals surface area contributed by atoms with Crippen LogP contribution < -0.4 is 10.6 Å². The monoisotopic (exact) mass is 552 g/mol. The van der Waals surface area contributed by atoms with Gasteiger partial charge in [0.25, 0.3) is 5.91 Å². The third kappa shape index (κ3) is 8.91. The molecule has 2 amide bonds. The summed E-state index contributed by atoms with van der Waals surface area (Å²) < 4.78 is 21.0. The highest BCUT2D eigenvalue weighted by molar-refractivity contribution is 5.82. The maximum absolute atomic E-state index is 13.3. The number of aromatic nitrogens is 2. The van der Waals surface area contributed by atoms with E-state index < -0.39 is 35.7 Å². The van der Waals surface area contributed by atoms with Crippen LogP contribution in [0.1, 0.15) is 65.5 Å². The van der Waals surface area contributed by atoms with Crippen molar-refractivity contribution in [2.45, 2.75) is 84.7 Å². The predicted molar refractivity (Wildman–Crippen MR) is 153 cm³/mol. The van der Waals surface area contributed by atoms with Crippen molar-refractivity contribution >= 4 is 12.0 Å². The molecule has 0 bridgehead atoms. The Morgan fingerprint density at radius 1 is 1.07 bits per heavy atom. The molecule has 3 rings (SSSR count). The second-order valence-corrected chi connectivity index (χ2v) is 11.2. The van der Waals surface area contributed by atoms with Gasteiger partial charge in [-0.25, -0.2) is 14.2 Å². The van der Waals surface area contributed by atoms with Crippen LogP contribution in [0.3, 0.4) is 0 Å². The van der Waals surface area contributed by atoms with Crippen molar-refractivity contribution in [3.8, 4) is 11.3 Å². The fourth-order valence-corrected chi connectivity index (χ4v) is 4.26. The zero-order chi connectivity index (χ0) is 29.3. The fraction of sp³-hybridized carbons (Fsp3) is 0.452. The van der Waals surface area contributed by atoms with Gasteiger partial charge in [0.2, 0.25) is 0 Å². The average Bonchev–Trinajstić information content (AvgIpc) is 3.39. The normalized spacial score (nSPS) is 14.6. The molecule has 2 aromatic carbocycles. The van der Waals surface area contributed by atoms with Crippen molar-refractivity contribution in [3.05, 3.63) is 78.5 Å². The number of hydrogen-bond donors (Lipinski definition) is 3. The first-order valence-electron chi connectivity index (χ1n) is 13.8. The van der Waals surface area contributed by atoms with Crippen molar-refractivity contribution in [1.82, 2.24) is 20.2 Å². The summed E-state index contributed by atoms with van der Waals surface area (Å²) in [6.07, 6.45) is 2.75. The molecule has 3 N–H and O–H groups in total. The molecule has 9 heteroatoms. The van der Waals surface area contributed by atoms with Crippen molar-refractivity contribution in [2.75, 3.05) is 0 Å². The molecule has 0 unspecified atom stereocenters. The molecule has 216 valence electrons. The minimum absolute atomic E-state index is 0.303. The van der Waals surface area contributed by atoms with E-state index >= 15 is 0 Å². The van der Waals surface area contributed by atoms with Gasteiger partial charge in [-0.15, -0.1) is 0 Å². The summed E-state index contributed by atoms with van der Waals surface area (Å²) in [4.78, 5) is 30.4. The van der Waals surface area contributed by atoms with Crippen molar-refractivity contribution < 1.29 is 23.8 Å². The third-order valence-electron chi connectivity index (χ3n) is 6.85. The predicted octanol–water partition coefficient (Wildman–Crippen LogP) is 5.63. The summed E-state index contributed by atoms with van der Waals surface area (Å²) in [7, 11) is 0. The summed E-state index contributed by atoms with van der Waals surface area (Å²) in [6, 6.07) is 14.4. The molecule has 0 fully saturated rings. The molecule has 40 heavy (non-hydrogen) atoms. The molecule has 3 aromatic rings. The number of alkyl carbamates (subject to hydrolysis) is 1. The summed E-state index contributed by atoms with van der Waals surface area (Å²) >= 11 is 0. The van der Waals surface area contributed by atoms with Gasteiger partial charge in [0, 0.05) is 17.2 Å². The van der Waals surface area contributed by atoms with E-state index in [-0.39, 0.29) is 11.9 Å². The lowest BCUT2D eigenvalue weighted by Gasteiger charge is -2.32. The number of carbonyl (C=O) groups excluding carboxylic acids is 2. The number of amides is 2. The number of imidazole rings is 1. The SMILES string of the molecule is CCCC[C@H](NC(=O)O[C@H](Cn1cnc(-c2ccc(F)cc2)c1)C(C)(C)C)[C@H](O)C(=O)N[C@H](C)c1ccccc1. The molecule has 1 heterocycles. The van der Waals surface area contributed by atoms with Crippen LogP contribution in [0, 0.1) is 11.2 Å². The Kier molecular flexibility index (Phi) is 10.8. The first kappa shape index (κ1) is 30.8. The Bertz CT molecular complexity index is 1220. The van der Waals surface area contributed by atoms with Crippen molar-refractivity contribution in [3.63, 3.8) is 0 Å². The summed E-state index contributed by atoms with van der Waals surface area (Å²) in [5.41, 5.74) is 1.95. The Hall–Kier alpha value is -3.72. The van der Waals surface area contributed by atoms with Gasteiger partial charge in [-0.1, -0.05) is 70.9 Å². The summed E-state index contributed by atoms with van der Waals surface area (Å²) in [5.74, 6) is -0.877. The van der Waals surface area contributed by atoms with Crippen LogP contribution in [0.25, 0.3) is 11.3 Å². The Labute approximate surface area is 236 Å². The van der Waals surface area contributed by atoms with Crippen LogP contribution >= 0.6 is 0 Å². The molecular weight excluding hydrogens is 511 g/mol. The van der Waals surface area contributed by atoms with E-state index in [4.69, 9.17) is 4.74 Å². The zero-order valence-electron chi connectivity index (χ0n) is 23.9. The third-order valence-corrected chi connectivity index (χ3v) is 6.85. The van der Waals surface area contributed by atoms with Crippen LogP contribution in [-0.2, 0) is 16.1 Å². The number of benzene rings is 2. The first-order chi connectivity index (χ1) is 19.0. The van der Waals surface area contributed by atoms with Gasteiger partial charge in [-0.2, -0.15) is 0 Å². The van der Waals surface area contributed by atoms with Gasteiger partial charge in [-0.3, -0.25) is 4.79 Å². The van der Waals surface area contributed by atoms with Crippen LogP contribution in [0.2, 0.25) is 0 Å². The van der Waals surface area contributed by atoms with E-state index in [2.05, 4.69) is 15.6 Å². The lowest BCUT2D eigenvalue weighted by Crippen LogP contribution is -2.52. The number of carbonyl (C=O) groups is 2. The average molecular weight is 553 g/mol. The molecule has 0 spiro atoms. The quantitative estimate of drug-likeness (QED) is 0.270. The van der Waals surface area contributed by atoms with Crippen LogP contribution in [-0.4, -0.2) is 44.9 Å². The van der Waals surface area contributed by atoms with Crippen LogP contribution in [0.5, 0.6) is 0 Å². The highest BCUT2D eigenvalue weighted by Gasteiger charge is 2.32. The molecular formula is C31H41FN4O4. The Morgan fingerprint density at radius 2 is 1.75 bits per heavy atom. The minimum Gasteiger partial charge on any atom is -0.444 e. The second-order valence-electron chi connectivity index (χ2n) is 11.2. The molecule has 1 aromatic heterocycles. The number of hydrogen-bond acceptors (Lipinski definition) is 5. The van der Waals surface area contributed by atoms with E-state index in [9.17, 15) is 19.1 Å². The number of nitrogens with zero attached hydrogens (tertiary/aromatic N) is 2. The fourth-order valence-electron chi connectivity index (χ4n) is 4.26. The van der Waals surface area contributed by atoms with Crippen LogP contribution in [0.4, 0.5) is 9.18 Å². The van der Waals surface area contributed by atoms with Gasteiger partial charge in [0.05, 0.1) is 30.6 Å². The molecule has 0 aliphatic carbocycles. The standard InChI is InChI=1S/C31H41FN4O4/c1-6-7-13-25(28(37)29(38)34-21(2)22-11-9-8-10-12-22)35-30(39)40-27(31(3,4)5)19-36-18-26(33-20-36)23-14-16-24(32)17-15-23/h8-12,14-18,20-21,25,27-28,37H,6-7,13,19H2,1-5H3,(H,34,38)(H,35,39)/t21-,25+,27-,28+/m1/s1. The van der Waals surface area contributed by atoms with Gasteiger partial charge in [0.15, 0.2) is 6.10 Å². The molecule has 0 aliphatic heterocycles. The zero-order valence-corrected chi connectivity index (χ0v) is 23.9. The van der Waals surface area contributed by atoms with E-state index in [0.29, 0.717) is 25.1 Å². The molecule has 0 aliphatic rings. The van der Waals surface area contributed by atoms with E-state index in [0.717, 1.165) is 17.5 Å². The number of nitrogens with one attached hydrogen (secondary N) is 2. The second kappa shape index (κ2) is 14.1. The van der Waals surface area contributed by atoms with E-state index in [1.165, 1.54) is 12.1 Å². The topological polar surface area (TPSA) is 105 Å². The number of aliphatic hydroxyl groups is 1. The molecule has 0 radical (unpaired) electrons. The highest BCUT2D eigenvalue weighted by atomic mass is 19.1. The van der Waals surface area contributed by atoms with Crippen molar-refractivity contribution in [2.24, 2.45) is 5.41 Å². The maximum atomic E-state index is 13.3. The molecule has 8 nitrogen and oxygen atoms in total. The molecule has 0 saturated heterocycles. The summed E-state index contributed by atoms with van der Waals surface area (Å²) in [6.45, 7) is 10.1. The highest BCUT2D eigenvalue weighted by Crippen LogP contribution is 2.25. The van der Waals surface area contributed by atoms with Gasteiger partial charge in [0.1, 0.15) is 11.9 Å². The Balaban J connectivity index is 1.66. The number of unbranched alkanes of at least 4 members (excludes halogenated alkanes) is 1. The van der Waals surface area contributed by atoms with Crippen molar-refractivity contribution in [1.29, 1.82) is 0 Å². The lowest BCUT2D eigenvalue weighted by molar-refractivity contribution is -0.131. The van der Waals surface area contributed by atoms with Gasteiger partial charge >= 0.3 is 6.09 Å². The number of halogens is 1. The molecule has 4 atom stereocenters. The number of aliphatic hydroxyl groups excluding tert-OH is 1. The maximum Gasteiger partial charge on any atom is 0.407 e. The molecule has 0 saturated carbocycles. The van der Waals surface area contributed by atoms with E-state index in [1.807, 2.05) is 75.7 Å². The minimum atomic E-state index is -1.44. The van der Waals surface area contributed by atoms with Gasteiger partial charge < -0.3 is 25.0 Å². The number of rotatable bonds is 12.